The minimum atomic E-state index is -0.106. The van der Waals surface area contributed by atoms with Gasteiger partial charge in [0.05, 0.1) is 19.7 Å². The number of hydrogen-bond acceptors (Lipinski definition) is 5. The molecule has 6 heteroatoms. The van der Waals surface area contributed by atoms with Crippen molar-refractivity contribution < 1.29 is 19.0 Å². The molecule has 186 valence electrons. The van der Waals surface area contributed by atoms with Gasteiger partial charge in [0.25, 0.3) is 5.91 Å². The molecule has 0 aliphatic heterocycles. The van der Waals surface area contributed by atoms with Crippen LogP contribution in [0.3, 0.4) is 0 Å². The molecule has 0 spiro atoms. The van der Waals surface area contributed by atoms with E-state index in [1.165, 1.54) is 0 Å². The molecule has 0 saturated carbocycles. The molecule has 37 heavy (non-hydrogen) atoms. The van der Waals surface area contributed by atoms with Crippen LogP contribution in [0.5, 0.6) is 23.0 Å². The van der Waals surface area contributed by atoms with Crippen LogP contribution in [0, 0.1) is 20.8 Å². The van der Waals surface area contributed by atoms with Crippen LogP contribution in [0.4, 0.5) is 5.69 Å². The SMILES string of the molecule is COc1cc2nccc(Oc3ccc4cc(NC(=O)c5c(C)cc(C)cc5C)ccc4c3)c2cc1OC. The Labute approximate surface area is 215 Å². The van der Waals surface area contributed by atoms with Crippen LogP contribution in [-0.2, 0) is 0 Å². The van der Waals surface area contributed by atoms with E-state index in [1.54, 1.807) is 20.4 Å². The number of carbonyl (C=O) groups is 1. The van der Waals surface area contributed by atoms with Crippen molar-refractivity contribution in [2.45, 2.75) is 20.8 Å². The van der Waals surface area contributed by atoms with E-state index in [-0.39, 0.29) is 5.91 Å². The van der Waals surface area contributed by atoms with E-state index in [9.17, 15) is 4.79 Å². The zero-order valence-electron chi connectivity index (χ0n) is 21.5. The molecule has 5 rings (SSSR count). The van der Waals surface area contributed by atoms with Crippen LogP contribution in [0.1, 0.15) is 27.0 Å². The molecule has 1 N–H and O–H groups in total. The number of ether oxygens (including phenoxy) is 3. The Bertz CT molecular complexity index is 1640. The number of pyridine rings is 1. The highest BCUT2D eigenvalue weighted by Crippen LogP contribution is 2.37. The fourth-order valence-corrected chi connectivity index (χ4v) is 4.76. The Morgan fingerprint density at radius 1 is 0.757 bits per heavy atom. The Kier molecular flexibility index (Phi) is 6.40. The van der Waals surface area contributed by atoms with Crippen molar-refractivity contribution in [1.29, 1.82) is 0 Å². The topological polar surface area (TPSA) is 69.7 Å². The average molecular weight is 493 g/mol. The number of benzene rings is 4. The van der Waals surface area contributed by atoms with E-state index in [2.05, 4.69) is 10.3 Å². The quantitative estimate of drug-likeness (QED) is 0.268. The summed E-state index contributed by atoms with van der Waals surface area (Å²) >= 11 is 0. The number of nitrogens with zero attached hydrogens (tertiary/aromatic N) is 1. The van der Waals surface area contributed by atoms with Gasteiger partial charge in [0.1, 0.15) is 11.5 Å². The Hall–Kier alpha value is -4.58. The van der Waals surface area contributed by atoms with E-state index in [4.69, 9.17) is 14.2 Å². The lowest BCUT2D eigenvalue weighted by atomic mass is 9.99. The van der Waals surface area contributed by atoms with Crippen LogP contribution < -0.4 is 19.5 Å². The number of aromatic nitrogens is 1. The maximum Gasteiger partial charge on any atom is 0.256 e. The first kappa shape index (κ1) is 24.1. The molecule has 0 aliphatic rings. The monoisotopic (exact) mass is 492 g/mol. The van der Waals surface area contributed by atoms with Gasteiger partial charge in [0.15, 0.2) is 11.5 Å². The molecule has 1 amide bonds. The van der Waals surface area contributed by atoms with Gasteiger partial charge in [-0.3, -0.25) is 9.78 Å². The second-order valence-electron chi connectivity index (χ2n) is 9.09. The molecule has 0 bridgehead atoms. The zero-order chi connectivity index (χ0) is 26.1. The van der Waals surface area contributed by atoms with Crippen LogP contribution in [-0.4, -0.2) is 25.1 Å². The van der Waals surface area contributed by atoms with E-state index in [1.807, 2.05) is 87.5 Å². The number of hydrogen-bond donors (Lipinski definition) is 1. The fraction of sp³-hybridized carbons (Fsp3) is 0.161. The molecule has 1 heterocycles. The standard InChI is InChI=1S/C31H28N2O4/c1-18-12-19(2)30(20(3)13-18)31(34)33-23-8-6-22-15-24(9-7-21(22)14-23)37-27-10-11-32-26-17-29(36-5)28(35-4)16-25(26)27/h6-17H,1-5H3,(H,33,34). The number of fused-ring (bicyclic) bond motifs is 2. The first-order valence-electron chi connectivity index (χ1n) is 12.0. The Balaban J connectivity index is 1.41. The highest BCUT2D eigenvalue weighted by Gasteiger charge is 2.14. The van der Waals surface area contributed by atoms with Gasteiger partial charge in [-0.05, 0) is 79.1 Å². The van der Waals surface area contributed by atoms with E-state index >= 15 is 0 Å². The molecule has 0 radical (unpaired) electrons. The second kappa shape index (κ2) is 9.82. The zero-order valence-corrected chi connectivity index (χ0v) is 21.5. The normalized spacial score (nSPS) is 10.9. The first-order valence-corrected chi connectivity index (χ1v) is 12.0. The summed E-state index contributed by atoms with van der Waals surface area (Å²) in [6.45, 7) is 5.97. The van der Waals surface area contributed by atoms with Crippen molar-refractivity contribution >= 4 is 33.3 Å². The Morgan fingerprint density at radius 2 is 1.43 bits per heavy atom. The van der Waals surface area contributed by atoms with Gasteiger partial charge in [-0.25, -0.2) is 0 Å². The van der Waals surface area contributed by atoms with Crippen molar-refractivity contribution in [3.05, 3.63) is 95.2 Å². The smallest absolute Gasteiger partial charge is 0.256 e. The summed E-state index contributed by atoms with van der Waals surface area (Å²) in [5.41, 5.74) is 5.29. The highest BCUT2D eigenvalue weighted by atomic mass is 16.5. The number of rotatable bonds is 6. The predicted molar refractivity (Wildman–Crippen MR) is 147 cm³/mol. The van der Waals surface area contributed by atoms with Crippen molar-refractivity contribution in [1.82, 2.24) is 4.98 Å². The number of anilines is 1. The van der Waals surface area contributed by atoms with Crippen molar-refractivity contribution in [2.24, 2.45) is 0 Å². The van der Waals surface area contributed by atoms with Gasteiger partial charge in [-0.15, -0.1) is 0 Å². The van der Waals surface area contributed by atoms with Crippen LogP contribution in [0.25, 0.3) is 21.7 Å². The van der Waals surface area contributed by atoms with Gasteiger partial charge < -0.3 is 19.5 Å². The summed E-state index contributed by atoms with van der Waals surface area (Å²) < 4.78 is 17.1. The molecule has 6 nitrogen and oxygen atoms in total. The number of nitrogens with one attached hydrogen (secondary N) is 1. The number of carbonyl (C=O) groups excluding carboxylic acids is 1. The maximum absolute atomic E-state index is 13.0. The van der Waals surface area contributed by atoms with Gasteiger partial charge >= 0.3 is 0 Å². The van der Waals surface area contributed by atoms with Crippen molar-refractivity contribution in [3.63, 3.8) is 0 Å². The third-order valence-corrected chi connectivity index (χ3v) is 6.41. The average Bonchev–Trinajstić information content (AvgIpc) is 2.87. The lowest BCUT2D eigenvalue weighted by Crippen LogP contribution is -2.15. The Morgan fingerprint density at radius 3 is 2.16 bits per heavy atom. The van der Waals surface area contributed by atoms with Crippen molar-refractivity contribution in [2.75, 3.05) is 19.5 Å². The van der Waals surface area contributed by atoms with Crippen LogP contribution >= 0.6 is 0 Å². The van der Waals surface area contributed by atoms with Crippen LogP contribution in [0.2, 0.25) is 0 Å². The summed E-state index contributed by atoms with van der Waals surface area (Å²) in [5, 5.41) is 5.86. The van der Waals surface area contributed by atoms with Gasteiger partial charge in [0, 0.05) is 28.9 Å². The van der Waals surface area contributed by atoms with Gasteiger partial charge in [0.2, 0.25) is 0 Å². The van der Waals surface area contributed by atoms with Gasteiger partial charge in [-0.2, -0.15) is 0 Å². The molecular formula is C31H28N2O4. The van der Waals surface area contributed by atoms with E-state index in [0.717, 1.165) is 44.1 Å². The van der Waals surface area contributed by atoms with Gasteiger partial charge in [-0.1, -0.05) is 29.8 Å². The minimum absolute atomic E-state index is 0.106. The largest absolute Gasteiger partial charge is 0.493 e. The lowest BCUT2D eigenvalue weighted by molar-refractivity contribution is 0.102. The summed E-state index contributed by atoms with van der Waals surface area (Å²) in [6.07, 6.45) is 1.71. The number of amides is 1. The molecule has 0 unspecified atom stereocenters. The highest BCUT2D eigenvalue weighted by molar-refractivity contribution is 6.07. The molecule has 0 aliphatic carbocycles. The van der Waals surface area contributed by atoms with E-state index < -0.39 is 0 Å². The molecule has 5 aromatic rings. The summed E-state index contributed by atoms with van der Waals surface area (Å²) in [4.78, 5) is 17.4. The lowest BCUT2D eigenvalue weighted by Gasteiger charge is -2.13. The molecule has 1 aromatic heterocycles. The maximum atomic E-state index is 13.0. The predicted octanol–water partition coefficient (Wildman–Crippen LogP) is 7.38. The van der Waals surface area contributed by atoms with Crippen molar-refractivity contribution in [3.8, 4) is 23.0 Å². The fourth-order valence-electron chi connectivity index (χ4n) is 4.76. The summed E-state index contributed by atoms with van der Waals surface area (Å²) in [6, 6.07) is 21.3. The molecule has 0 atom stereocenters. The van der Waals surface area contributed by atoms with E-state index in [0.29, 0.717) is 28.6 Å². The number of methoxy groups -OCH3 is 2. The first-order chi connectivity index (χ1) is 17.9. The molecule has 0 saturated heterocycles. The minimum Gasteiger partial charge on any atom is -0.493 e. The molecular weight excluding hydrogens is 464 g/mol. The third-order valence-electron chi connectivity index (χ3n) is 6.41. The third kappa shape index (κ3) is 4.78. The summed E-state index contributed by atoms with van der Waals surface area (Å²) in [5.74, 6) is 2.47. The second-order valence-corrected chi connectivity index (χ2v) is 9.09. The van der Waals surface area contributed by atoms with Crippen LogP contribution in [0.15, 0.2) is 72.9 Å². The molecule has 4 aromatic carbocycles. The summed E-state index contributed by atoms with van der Waals surface area (Å²) in [7, 11) is 3.20. The number of aryl methyl sites for hydroxylation is 3. The molecule has 0 fully saturated rings.